The van der Waals surface area contributed by atoms with Gasteiger partial charge >= 0.3 is 16.8 Å². The first-order valence-corrected chi connectivity index (χ1v) is 5.79. The van der Waals surface area contributed by atoms with Crippen molar-refractivity contribution in [2.24, 2.45) is 10.8 Å². The summed E-state index contributed by atoms with van der Waals surface area (Å²) in [5.41, 5.74) is -4.11. The van der Waals surface area contributed by atoms with Crippen LogP contribution in [-0.2, 0) is 36.0 Å². The number of carbonyl (C=O) groups is 4. The molecular formula is C14H8CoO8. The van der Waals surface area contributed by atoms with Crippen LogP contribution >= 0.6 is 0 Å². The van der Waals surface area contributed by atoms with Crippen LogP contribution in [0.1, 0.15) is 0 Å². The standard InChI is InChI=1S/2C7H6O4.Co/c2*8-5(9)7(6(10)11)3-1-2-4-7;/h2*1-4H,(H,8,9)(H,10,11);/q;;+4/p-4. The second kappa shape index (κ2) is 7.56. The summed E-state index contributed by atoms with van der Waals surface area (Å²) >= 11 is 0. The van der Waals surface area contributed by atoms with E-state index in [2.05, 4.69) is 0 Å². The Morgan fingerprint density at radius 1 is 0.522 bits per heavy atom. The van der Waals surface area contributed by atoms with Gasteiger partial charge in [0.25, 0.3) is 0 Å². The van der Waals surface area contributed by atoms with Crippen molar-refractivity contribution in [2.45, 2.75) is 0 Å². The van der Waals surface area contributed by atoms with Crippen molar-refractivity contribution in [1.29, 1.82) is 0 Å². The van der Waals surface area contributed by atoms with Gasteiger partial charge in [0.1, 0.15) is 0 Å². The van der Waals surface area contributed by atoms with Crippen LogP contribution in [0.3, 0.4) is 0 Å². The summed E-state index contributed by atoms with van der Waals surface area (Å²) in [6.07, 6.45) is 9.35. The van der Waals surface area contributed by atoms with Gasteiger partial charge in [-0.25, -0.2) is 0 Å². The first-order chi connectivity index (χ1) is 10.2. The van der Waals surface area contributed by atoms with Crippen LogP contribution in [0, 0.1) is 10.8 Å². The van der Waals surface area contributed by atoms with Gasteiger partial charge in [-0.15, -0.1) is 0 Å². The average molecular weight is 363 g/mol. The molecule has 0 amide bonds. The molecular weight excluding hydrogens is 355 g/mol. The second-order valence-electron chi connectivity index (χ2n) is 4.32. The molecule has 121 valence electrons. The first kappa shape index (κ1) is 20.3. The van der Waals surface area contributed by atoms with Crippen molar-refractivity contribution in [3.8, 4) is 0 Å². The zero-order valence-electron chi connectivity index (χ0n) is 11.2. The normalized spacial score (nSPS) is 17.7. The predicted octanol–water partition coefficient (Wildman–Crippen LogP) is -4.81. The van der Waals surface area contributed by atoms with Gasteiger partial charge in [-0.05, 0) is 0 Å². The fraction of sp³-hybridized carbons (Fsp3) is 0.143. The van der Waals surface area contributed by atoms with Crippen LogP contribution in [-0.4, -0.2) is 23.9 Å². The zero-order valence-corrected chi connectivity index (χ0v) is 12.3. The van der Waals surface area contributed by atoms with Crippen molar-refractivity contribution < 1.29 is 56.4 Å². The van der Waals surface area contributed by atoms with E-state index in [4.69, 9.17) is 0 Å². The van der Waals surface area contributed by atoms with Crippen LogP contribution < -0.4 is 20.4 Å². The van der Waals surface area contributed by atoms with Crippen LogP contribution in [0.15, 0.2) is 48.6 Å². The van der Waals surface area contributed by atoms with E-state index in [1.54, 1.807) is 0 Å². The molecule has 8 nitrogen and oxygen atoms in total. The maximum absolute atomic E-state index is 10.3. The van der Waals surface area contributed by atoms with Crippen LogP contribution in [0.4, 0.5) is 0 Å². The van der Waals surface area contributed by atoms with Crippen LogP contribution in [0.2, 0.25) is 0 Å². The molecule has 0 unspecified atom stereocenters. The van der Waals surface area contributed by atoms with Gasteiger partial charge in [-0.2, -0.15) is 0 Å². The molecule has 2 aliphatic carbocycles. The Balaban J connectivity index is 0.000000403. The van der Waals surface area contributed by atoms with E-state index in [0.717, 1.165) is 24.3 Å². The molecule has 0 bridgehead atoms. The van der Waals surface area contributed by atoms with E-state index >= 15 is 0 Å². The van der Waals surface area contributed by atoms with Gasteiger partial charge in [0, 0.05) is 0 Å². The van der Waals surface area contributed by atoms with E-state index in [9.17, 15) is 39.6 Å². The number of aliphatic carboxylic acids is 4. The summed E-state index contributed by atoms with van der Waals surface area (Å²) in [6.45, 7) is 0. The van der Waals surface area contributed by atoms with Crippen molar-refractivity contribution in [2.75, 3.05) is 0 Å². The van der Waals surface area contributed by atoms with Gasteiger partial charge in [-0.3, -0.25) is 0 Å². The Kier molecular flexibility index (Phi) is 6.69. The average Bonchev–Trinajstić information content (AvgIpc) is 3.10. The number of allylic oxidation sites excluding steroid dienone is 4. The number of rotatable bonds is 4. The van der Waals surface area contributed by atoms with E-state index in [1.807, 2.05) is 0 Å². The van der Waals surface area contributed by atoms with Crippen LogP contribution in [0.25, 0.3) is 0 Å². The minimum Gasteiger partial charge on any atom is -0.548 e. The summed E-state index contributed by atoms with van der Waals surface area (Å²) in [4.78, 5) is 41.3. The number of hydrogen-bond acceptors (Lipinski definition) is 8. The molecule has 0 aromatic carbocycles. The molecule has 2 rings (SSSR count). The molecule has 2 aliphatic rings. The fourth-order valence-electron chi connectivity index (χ4n) is 1.65. The molecule has 0 heterocycles. The summed E-state index contributed by atoms with van der Waals surface area (Å²) < 4.78 is 0. The maximum atomic E-state index is 10.3. The van der Waals surface area contributed by atoms with Crippen molar-refractivity contribution in [3.63, 3.8) is 0 Å². The van der Waals surface area contributed by atoms with Gasteiger partial charge in [0.2, 0.25) is 0 Å². The van der Waals surface area contributed by atoms with Crippen molar-refractivity contribution in [3.05, 3.63) is 48.6 Å². The van der Waals surface area contributed by atoms with E-state index in [-0.39, 0.29) is 16.8 Å². The van der Waals surface area contributed by atoms with Gasteiger partial charge in [0.15, 0.2) is 0 Å². The Hall–Kier alpha value is -2.65. The summed E-state index contributed by atoms with van der Waals surface area (Å²) in [7, 11) is 0. The molecule has 0 spiro atoms. The topological polar surface area (TPSA) is 161 Å². The van der Waals surface area contributed by atoms with Gasteiger partial charge in [-0.1, -0.05) is 48.6 Å². The van der Waals surface area contributed by atoms with Gasteiger partial charge in [0.05, 0.1) is 34.7 Å². The quantitative estimate of drug-likeness (QED) is 0.450. The number of carboxylic acids is 4. The Morgan fingerprint density at radius 3 is 0.783 bits per heavy atom. The number of carbonyl (C=O) groups excluding carboxylic acids is 4. The summed E-state index contributed by atoms with van der Waals surface area (Å²) in [6, 6.07) is 0. The molecule has 9 heteroatoms. The minimum atomic E-state index is -2.06. The molecule has 0 N–H and O–H groups in total. The van der Waals surface area contributed by atoms with Crippen molar-refractivity contribution in [1.82, 2.24) is 0 Å². The molecule has 23 heavy (non-hydrogen) atoms. The second-order valence-corrected chi connectivity index (χ2v) is 4.32. The fourth-order valence-corrected chi connectivity index (χ4v) is 1.65. The molecule has 0 atom stereocenters. The Bertz CT molecular complexity index is 529. The van der Waals surface area contributed by atoms with E-state index < -0.39 is 34.7 Å². The van der Waals surface area contributed by atoms with E-state index in [1.165, 1.54) is 24.3 Å². The molecule has 0 aliphatic heterocycles. The Labute approximate surface area is 140 Å². The van der Waals surface area contributed by atoms with Gasteiger partial charge < -0.3 is 39.6 Å². The molecule has 0 saturated carbocycles. The molecule has 1 radical (unpaired) electrons. The maximum Gasteiger partial charge on any atom is 4.00 e. The molecule has 0 aromatic heterocycles. The third-order valence-corrected chi connectivity index (χ3v) is 3.01. The minimum absolute atomic E-state index is 0. The zero-order chi connectivity index (χ0) is 17.0. The summed E-state index contributed by atoms with van der Waals surface area (Å²) in [5.74, 6) is -6.71. The molecule has 0 aromatic rings. The van der Waals surface area contributed by atoms with E-state index in [0.29, 0.717) is 0 Å². The largest absolute Gasteiger partial charge is 4.00 e. The Morgan fingerprint density at radius 2 is 0.696 bits per heavy atom. The van der Waals surface area contributed by atoms with Crippen molar-refractivity contribution >= 4 is 23.9 Å². The predicted molar refractivity (Wildman–Crippen MR) is 61.5 cm³/mol. The monoisotopic (exact) mass is 363 g/mol. The number of hydrogen-bond donors (Lipinski definition) is 0. The molecule has 0 fully saturated rings. The molecule has 0 saturated heterocycles. The smallest absolute Gasteiger partial charge is 0.548 e. The number of carboxylic acid groups (broad SMARTS) is 4. The van der Waals surface area contributed by atoms with Crippen LogP contribution in [0.5, 0.6) is 0 Å². The first-order valence-electron chi connectivity index (χ1n) is 5.79. The third kappa shape index (κ3) is 3.76. The SMILES string of the molecule is O=C([O-])C1(C(=O)[O-])C=CC=C1.O=C([O-])C1(C(=O)[O-])C=CC=C1.[Co+4]. The third-order valence-electron chi connectivity index (χ3n) is 3.01. The summed E-state index contributed by atoms with van der Waals surface area (Å²) in [5, 5.41) is 41.3.